The summed E-state index contributed by atoms with van der Waals surface area (Å²) in [6.07, 6.45) is 0.653. The van der Waals surface area contributed by atoms with Gasteiger partial charge in [-0.15, -0.1) is 0 Å². The molecule has 0 spiro atoms. The number of rotatable bonds is 7. The van der Waals surface area contributed by atoms with Gasteiger partial charge in [0.05, 0.1) is 24.2 Å². The molecule has 0 aliphatic carbocycles. The van der Waals surface area contributed by atoms with Gasteiger partial charge in [0.25, 0.3) is 0 Å². The van der Waals surface area contributed by atoms with Crippen LogP contribution in [-0.4, -0.2) is 34.3 Å². The minimum Gasteiger partial charge on any atom is -0.379 e. The van der Waals surface area contributed by atoms with Gasteiger partial charge in [0, 0.05) is 19.1 Å². The van der Waals surface area contributed by atoms with Crippen molar-refractivity contribution in [2.24, 2.45) is 5.92 Å². The average molecular weight is 375 g/mol. The molecule has 1 aliphatic heterocycles. The molecule has 1 fully saturated rings. The molecule has 0 saturated carbocycles. The van der Waals surface area contributed by atoms with Crippen molar-refractivity contribution in [2.75, 3.05) is 19.8 Å². The molecule has 2 aromatic rings. The molecule has 0 aromatic heterocycles. The Morgan fingerprint density at radius 2 is 1.85 bits per heavy atom. The summed E-state index contributed by atoms with van der Waals surface area (Å²) in [4.78, 5) is 0.289. The Kier molecular flexibility index (Phi) is 6.43. The van der Waals surface area contributed by atoms with Gasteiger partial charge in [-0.1, -0.05) is 48.0 Å². The molecule has 3 rings (SSSR count). The average Bonchev–Trinajstić information content (AvgIpc) is 2.66. The van der Waals surface area contributed by atoms with Gasteiger partial charge < -0.3 is 9.47 Å². The van der Waals surface area contributed by atoms with Gasteiger partial charge >= 0.3 is 0 Å². The van der Waals surface area contributed by atoms with Gasteiger partial charge in [0.2, 0.25) is 10.0 Å². The lowest BCUT2D eigenvalue weighted by Crippen LogP contribution is -2.41. The molecular weight excluding hydrogens is 350 g/mol. The molecular formula is C20H25NO4S. The summed E-state index contributed by atoms with van der Waals surface area (Å²) in [7, 11) is -3.51. The van der Waals surface area contributed by atoms with Crippen LogP contribution >= 0.6 is 0 Å². The highest BCUT2D eigenvalue weighted by Gasteiger charge is 2.28. The summed E-state index contributed by atoms with van der Waals surface area (Å²) in [5, 5.41) is 0. The lowest BCUT2D eigenvalue weighted by molar-refractivity contribution is -0.0884. The van der Waals surface area contributed by atoms with Crippen LogP contribution in [0.15, 0.2) is 59.5 Å². The molecule has 6 heteroatoms. The second-order valence-corrected chi connectivity index (χ2v) is 8.39. The maximum atomic E-state index is 12.5. The molecule has 2 atom stereocenters. The molecule has 0 amide bonds. The second-order valence-electron chi connectivity index (χ2n) is 6.62. The minimum absolute atomic E-state index is 0.0904. The Balaban J connectivity index is 1.58. The summed E-state index contributed by atoms with van der Waals surface area (Å²) in [5.74, 6) is 0.0904. The van der Waals surface area contributed by atoms with Crippen molar-refractivity contribution in [2.45, 2.75) is 31.0 Å². The highest BCUT2D eigenvalue weighted by molar-refractivity contribution is 7.89. The normalized spacial score (nSPS) is 20.8. The fourth-order valence-electron chi connectivity index (χ4n) is 2.97. The second kappa shape index (κ2) is 8.77. The van der Waals surface area contributed by atoms with Gasteiger partial charge in [-0.25, -0.2) is 13.1 Å². The van der Waals surface area contributed by atoms with Crippen LogP contribution in [0.4, 0.5) is 0 Å². The smallest absolute Gasteiger partial charge is 0.240 e. The van der Waals surface area contributed by atoms with Crippen molar-refractivity contribution in [3.05, 3.63) is 65.7 Å². The molecule has 5 nitrogen and oxygen atoms in total. The summed E-state index contributed by atoms with van der Waals surface area (Å²) in [6, 6.07) is 16.8. The van der Waals surface area contributed by atoms with Crippen LogP contribution in [0, 0.1) is 12.8 Å². The van der Waals surface area contributed by atoms with Crippen LogP contribution in [0.5, 0.6) is 0 Å². The summed E-state index contributed by atoms with van der Waals surface area (Å²) in [5.41, 5.74) is 2.12. The van der Waals surface area contributed by atoms with E-state index < -0.39 is 10.0 Å². The summed E-state index contributed by atoms with van der Waals surface area (Å²) in [6.45, 7) is 3.89. The lowest BCUT2D eigenvalue weighted by atomic mass is 9.97. The third-order valence-electron chi connectivity index (χ3n) is 4.61. The van der Waals surface area contributed by atoms with Crippen LogP contribution < -0.4 is 4.72 Å². The molecule has 2 aromatic carbocycles. The van der Waals surface area contributed by atoms with E-state index in [1.54, 1.807) is 24.3 Å². The predicted octanol–water partition coefficient (Wildman–Crippen LogP) is 2.90. The van der Waals surface area contributed by atoms with Crippen molar-refractivity contribution in [1.29, 1.82) is 0 Å². The van der Waals surface area contributed by atoms with Crippen molar-refractivity contribution < 1.29 is 17.9 Å². The maximum Gasteiger partial charge on any atom is 0.240 e. The molecule has 1 saturated heterocycles. The molecule has 140 valence electrons. The highest BCUT2D eigenvalue weighted by Crippen LogP contribution is 2.20. The third-order valence-corrected chi connectivity index (χ3v) is 6.05. The van der Waals surface area contributed by atoms with Crippen LogP contribution in [0.1, 0.15) is 17.5 Å². The number of hydrogen-bond donors (Lipinski definition) is 1. The number of nitrogens with one attached hydrogen (secondary N) is 1. The Hall–Kier alpha value is -1.73. The first-order valence-electron chi connectivity index (χ1n) is 8.84. The molecule has 0 bridgehead atoms. The first kappa shape index (κ1) is 19.0. The molecule has 1 heterocycles. The summed E-state index contributed by atoms with van der Waals surface area (Å²) < 4.78 is 39.2. The number of benzene rings is 2. The number of ether oxygens (including phenoxy) is 2. The van der Waals surface area contributed by atoms with E-state index in [1.165, 1.54) is 0 Å². The van der Waals surface area contributed by atoms with E-state index in [-0.39, 0.29) is 16.9 Å². The third kappa shape index (κ3) is 5.14. The highest BCUT2D eigenvalue weighted by atomic mass is 32.2. The van der Waals surface area contributed by atoms with E-state index in [1.807, 2.05) is 37.3 Å². The van der Waals surface area contributed by atoms with Crippen molar-refractivity contribution >= 4 is 10.0 Å². The quantitative estimate of drug-likeness (QED) is 0.808. The monoisotopic (exact) mass is 375 g/mol. The van der Waals surface area contributed by atoms with Crippen LogP contribution in [0.25, 0.3) is 0 Å². The van der Waals surface area contributed by atoms with E-state index in [0.29, 0.717) is 26.4 Å². The van der Waals surface area contributed by atoms with E-state index in [2.05, 4.69) is 4.72 Å². The molecule has 2 unspecified atom stereocenters. The zero-order chi connectivity index (χ0) is 18.4. The van der Waals surface area contributed by atoms with Crippen molar-refractivity contribution in [3.8, 4) is 0 Å². The van der Waals surface area contributed by atoms with Crippen LogP contribution in [0.2, 0.25) is 0 Å². The van der Waals surface area contributed by atoms with E-state index in [9.17, 15) is 8.42 Å². The first-order chi connectivity index (χ1) is 12.5. The van der Waals surface area contributed by atoms with Crippen LogP contribution in [0.3, 0.4) is 0 Å². The fourth-order valence-corrected chi connectivity index (χ4v) is 4.06. The van der Waals surface area contributed by atoms with Gasteiger partial charge in [-0.05, 0) is 31.0 Å². The molecule has 26 heavy (non-hydrogen) atoms. The van der Waals surface area contributed by atoms with Gasteiger partial charge in [-0.3, -0.25) is 0 Å². The Bertz CT molecular complexity index is 790. The summed E-state index contributed by atoms with van der Waals surface area (Å²) >= 11 is 0. The number of hydrogen-bond acceptors (Lipinski definition) is 4. The Morgan fingerprint density at radius 3 is 2.58 bits per heavy atom. The molecule has 1 N–H and O–H groups in total. The van der Waals surface area contributed by atoms with Gasteiger partial charge in [0.15, 0.2) is 0 Å². The first-order valence-corrected chi connectivity index (χ1v) is 10.3. The van der Waals surface area contributed by atoms with Gasteiger partial charge in [-0.2, -0.15) is 0 Å². The number of aryl methyl sites for hydroxylation is 1. The van der Waals surface area contributed by atoms with Crippen LogP contribution in [-0.2, 0) is 26.1 Å². The fraction of sp³-hybridized carbons (Fsp3) is 0.400. The molecule has 1 aliphatic rings. The van der Waals surface area contributed by atoms with E-state index in [0.717, 1.165) is 17.5 Å². The minimum atomic E-state index is -3.51. The Morgan fingerprint density at radius 1 is 1.12 bits per heavy atom. The van der Waals surface area contributed by atoms with Crippen molar-refractivity contribution in [3.63, 3.8) is 0 Å². The lowest BCUT2D eigenvalue weighted by Gasteiger charge is -2.31. The predicted molar refractivity (Wildman–Crippen MR) is 100 cm³/mol. The Labute approximate surface area is 155 Å². The van der Waals surface area contributed by atoms with E-state index >= 15 is 0 Å². The van der Waals surface area contributed by atoms with Gasteiger partial charge in [0.1, 0.15) is 0 Å². The zero-order valence-corrected chi connectivity index (χ0v) is 15.7. The van der Waals surface area contributed by atoms with E-state index in [4.69, 9.17) is 9.47 Å². The molecule has 0 radical (unpaired) electrons. The largest absolute Gasteiger partial charge is 0.379 e. The van der Waals surface area contributed by atoms with Crippen molar-refractivity contribution in [1.82, 2.24) is 4.72 Å². The maximum absolute atomic E-state index is 12.5. The topological polar surface area (TPSA) is 64.6 Å². The standard InChI is InChI=1S/C20H25NO4S/c1-16-7-9-19(10-8-16)26(22,23)21-13-18-11-12-24-15-20(18)25-14-17-5-3-2-4-6-17/h2-10,18,20-21H,11-15H2,1H3. The zero-order valence-electron chi connectivity index (χ0n) is 14.9. The SMILES string of the molecule is Cc1ccc(S(=O)(=O)NCC2CCOCC2OCc2ccccc2)cc1. The number of sulfonamides is 1.